The van der Waals surface area contributed by atoms with Gasteiger partial charge in [-0.05, 0) is 42.4 Å². The molecule has 0 N–H and O–H groups in total. The Bertz CT molecular complexity index is 264. The zero-order valence-electron chi connectivity index (χ0n) is 12.1. The molecule has 0 spiro atoms. The second-order valence-electron chi connectivity index (χ2n) is 6.89. The number of hydrogen-bond acceptors (Lipinski definition) is 1. The van der Waals surface area contributed by atoms with E-state index >= 15 is 0 Å². The van der Waals surface area contributed by atoms with Crippen LogP contribution in [0.25, 0.3) is 0 Å². The van der Waals surface area contributed by atoms with Gasteiger partial charge < -0.3 is 4.74 Å². The van der Waals surface area contributed by atoms with E-state index < -0.39 is 0 Å². The molecule has 2 bridgehead atoms. The van der Waals surface area contributed by atoms with Crippen molar-refractivity contribution in [2.24, 2.45) is 29.6 Å². The minimum absolute atomic E-state index is 0.0183. The van der Waals surface area contributed by atoms with Crippen molar-refractivity contribution < 1.29 is 4.74 Å². The standard InChI is InChI=1S/C15H27BO/c1-6-10(4)7-15-8-11(5)12(14(16)17-15)13(15)9(2)3/h9-14H,6-8H2,1-5H3. The first-order valence-electron chi connectivity index (χ1n) is 7.34. The van der Waals surface area contributed by atoms with Crippen molar-refractivity contribution in [2.75, 3.05) is 0 Å². The Hall–Kier alpha value is 0.0249. The summed E-state index contributed by atoms with van der Waals surface area (Å²) >= 11 is 0. The van der Waals surface area contributed by atoms with Gasteiger partial charge in [-0.25, -0.2) is 0 Å². The maximum atomic E-state index is 6.24. The molecule has 2 heteroatoms. The van der Waals surface area contributed by atoms with Crippen molar-refractivity contribution in [2.45, 2.75) is 65.5 Å². The van der Waals surface area contributed by atoms with Crippen LogP contribution in [-0.4, -0.2) is 19.5 Å². The van der Waals surface area contributed by atoms with E-state index in [1.165, 1.54) is 19.3 Å². The summed E-state index contributed by atoms with van der Waals surface area (Å²) in [5, 5.41) is 0. The van der Waals surface area contributed by atoms with Crippen LogP contribution in [-0.2, 0) is 4.74 Å². The number of rotatable bonds is 4. The quantitative estimate of drug-likeness (QED) is 0.675. The Morgan fingerprint density at radius 2 is 2.00 bits per heavy atom. The van der Waals surface area contributed by atoms with Gasteiger partial charge in [-0.3, -0.25) is 0 Å². The zero-order chi connectivity index (χ0) is 12.8. The van der Waals surface area contributed by atoms with Crippen molar-refractivity contribution in [1.82, 2.24) is 0 Å². The van der Waals surface area contributed by atoms with Crippen LogP contribution in [0.15, 0.2) is 0 Å². The highest BCUT2D eigenvalue weighted by Gasteiger charge is 2.61. The van der Waals surface area contributed by atoms with E-state index in [1.807, 2.05) is 0 Å². The molecule has 1 saturated heterocycles. The lowest BCUT2D eigenvalue weighted by atomic mass is 9.72. The average Bonchev–Trinajstić information content (AvgIpc) is 2.64. The molecule has 1 aliphatic heterocycles. The summed E-state index contributed by atoms with van der Waals surface area (Å²) in [6.07, 6.45) is 3.66. The van der Waals surface area contributed by atoms with Crippen molar-refractivity contribution in [3.8, 4) is 0 Å². The molecule has 1 heterocycles. The highest BCUT2D eigenvalue weighted by Crippen LogP contribution is 2.59. The SMILES string of the molecule is [B]C1OC2(CC(C)CC)CC(C)C1C2C(C)C. The van der Waals surface area contributed by atoms with Crippen LogP contribution in [0.1, 0.15) is 53.9 Å². The smallest absolute Gasteiger partial charge is 0.109 e. The monoisotopic (exact) mass is 234 g/mol. The van der Waals surface area contributed by atoms with Gasteiger partial charge in [0.15, 0.2) is 0 Å². The van der Waals surface area contributed by atoms with Crippen molar-refractivity contribution in [1.29, 1.82) is 0 Å². The lowest BCUT2D eigenvalue weighted by Gasteiger charge is -2.37. The molecule has 96 valence electrons. The predicted molar refractivity (Wildman–Crippen MR) is 73.0 cm³/mol. The molecule has 1 saturated carbocycles. The Morgan fingerprint density at radius 1 is 1.35 bits per heavy atom. The molecule has 1 nitrogen and oxygen atoms in total. The third-order valence-corrected chi connectivity index (χ3v) is 5.21. The van der Waals surface area contributed by atoms with Gasteiger partial charge in [0.1, 0.15) is 7.85 Å². The molecule has 6 unspecified atom stereocenters. The number of fused-ring (bicyclic) bond motifs is 2. The van der Waals surface area contributed by atoms with Crippen LogP contribution in [0.2, 0.25) is 0 Å². The lowest BCUT2D eigenvalue weighted by Crippen LogP contribution is -2.38. The van der Waals surface area contributed by atoms with Crippen LogP contribution < -0.4 is 0 Å². The molecular formula is C15H27BO. The maximum absolute atomic E-state index is 6.24. The minimum Gasteiger partial charge on any atom is -0.381 e. The lowest BCUT2D eigenvalue weighted by molar-refractivity contribution is -0.0777. The van der Waals surface area contributed by atoms with E-state index in [4.69, 9.17) is 12.6 Å². The normalized spacial score (nSPS) is 46.7. The molecule has 2 radical (unpaired) electrons. The first-order valence-corrected chi connectivity index (χ1v) is 7.34. The maximum Gasteiger partial charge on any atom is 0.109 e. The summed E-state index contributed by atoms with van der Waals surface area (Å²) in [5.74, 6) is 3.41. The van der Waals surface area contributed by atoms with Gasteiger partial charge in [0, 0.05) is 6.00 Å². The van der Waals surface area contributed by atoms with Gasteiger partial charge in [0.05, 0.1) is 5.60 Å². The van der Waals surface area contributed by atoms with Crippen molar-refractivity contribution in [3.05, 3.63) is 0 Å². The zero-order valence-corrected chi connectivity index (χ0v) is 12.1. The molecule has 0 aromatic carbocycles. The third-order valence-electron chi connectivity index (χ3n) is 5.21. The van der Waals surface area contributed by atoms with E-state index in [0.717, 1.165) is 11.8 Å². The molecule has 2 rings (SSSR count). The Labute approximate surface area is 108 Å². The van der Waals surface area contributed by atoms with E-state index in [1.54, 1.807) is 0 Å². The summed E-state index contributed by atoms with van der Waals surface area (Å²) in [6.45, 7) is 11.7. The first-order chi connectivity index (χ1) is 7.91. The van der Waals surface area contributed by atoms with Gasteiger partial charge in [0.2, 0.25) is 0 Å². The Kier molecular flexibility index (Phi) is 3.65. The topological polar surface area (TPSA) is 9.23 Å². The summed E-state index contributed by atoms with van der Waals surface area (Å²) in [5.41, 5.74) is 0.0904. The highest BCUT2D eigenvalue weighted by atomic mass is 16.5. The molecule has 1 aliphatic carbocycles. The van der Waals surface area contributed by atoms with Gasteiger partial charge in [-0.15, -0.1) is 0 Å². The first kappa shape index (κ1) is 13.5. The molecule has 2 aliphatic rings. The fraction of sp³-hybridized carbons (Fsp3) is 1.00. The average molecular weight is 234 g/mol. The summed E-state index contributed by atoms with van der Waals surface area (Å²) in [6, 6.07) is -0.0183. The molecule has 2 fully saturated rings. The van der Waals surface area contributed by atoms with Crippen LogP contribution in [0.5, 0.6) is 0 Å². The van der Waals surface area contributed by atoms with E-state index in [0.29, 0.717) is 17.8 Å². The third kappa shape index (κ3) is 2.07. The largest absolute Gasteiger partial charge is 0.381 e. The van der Waals surface area contributed by atoms with Gasteiger partial charge in [-0.2, -0.15) is 0 Å². The van der Waals surface area contributed by atoms with Gasteiger partial charge in [0.25, 0.3) is 0 Å². The van der Waals surface area contributed by atoms with Crippen LogP contribution in [0.3, 0.4) is 0 Å². The minimum atomic E-state index is -0.0183. The van der Waals surface area contributed by atoms with Crippen LogP contribution in [0.4, 0.5) is 0 Å². The molecule has 0 amide bonds. The van der Waals surface area contributed by atoms with Gasteiger partial charge >= 0.3 is 0 Å². The van der Waals surface area contributed by atoms with Crippen LogP contribution >= 0.6 is 0 Å². The number of ether oxygens (including phenoxy) is 1. The van der Waals surface area contributed by atoms with Crippen molar-refractivity contribution >= 4 is 7.85 Å². The van der Waals surface area contributed by atoms with E-state index in [-0.39, 0.29) is 11.6 Å². The summed E-state index contributed by atoms with van der Waals surface area (Å²) < 4.78 is 6.24. The van der Waals surface area contributed by atoms with E-state index in [9.17, 15) is 0 Å². The number of hydrogen-bond donors (Lipinski definition) is 0. The van der Waals surface area contributed by atoms with Crippen molar-refractivity contribution in [3.63, 3.8) is 0 Å². The fourth-order valence-corrected chi connectivity index (χ4v) is 4.58. The molecule has 6 atom stereocenters. The molecule has 0 aromatic heterocycles. The second-order valence-corrected chi connectivity index (χ2v) is 6.89. The highest BCUT2D eigenvalue weighted by molar-refractivity contribution is 6.11. The second kappa shape index (κ2) is 4.61. The van der Waals surface area contributed by atoms with Crippen LogP contribution in [0, 0.1) is 29.6 Å². The Morgan fingerprint density at radius 3 is 2.47 bits per heavy atom. The predicted octanol–water partition coefficient (Wildman–Crippen LogP) is 3.61. The Balaban J connectivity index is 2.24. The van der Waals surface area contributed by atoms with Gasteiger partial charge in [-0.1, -0.05) is 41.0 Å². The molecular weight excluding hydrogens is 207 g/mol. The molecule has 17 heavy (non-hydrogen) atoms. The fourth-order valence-electron chi connectivity index (χ4n) is 4.58. The summed E-state index contributed by atoms with van der Waals surface area (Å²) in [7, 11) is 6.22. The molecule has 0 aromatic rings. The van der Waals surface area contributed by atoms with E-state index in [2.05, 4.69) is 34.6 Å². The summed E-state index contributed by atoms with van der Waals surface area (Å²) in [4.78, 5) is 0.